The molecule has 1 heterocycles. The van der Waals surface area contributed by atoms with E-state index in [2.05, 4.69) is 43.5 Å². The van der Waals surface area contributed by atoms with E-state index in [1.54, 1.807) is 0 Å². The van der Waals surface area contributed by atoms with Crippen LogP contribution >= 0.6 is 0 Å². The first-order valence-corrected chi connectivity index (χ1v) is 5.87. The van der Waals surface area contributed by atoms with Crippen LogP contribution in [-0.4, -0.2) is 12.7 Å². The van der Waals surface area contributed by atoms with Gasteiger partial charge in [0.05, 0.1) is 12.1 Å². The third-order valence-electron chi connectivity index (χ3n) is 3.57. The maximum absolute atomic E-state index is 5.71. The Bertz CT molecular complexity index is 354. The molecule has 0 aromatic heterocycles. The summed E-state index contributed by atoms with van der Waals surface area (Å²) in [5.41, 5.74) is 5.52. The van der Waals surface area contributed by atoms with Gasteiger partial charge in [0.1, 0.15) is 0 Å². The van der Waals surface area contributed by atoms with Crippen molar-refractivity contribution in [2.45, 2.75) is 32.4 Å². The van der Waals surface area contributed by atoms with Crippen LogP contribution in [0.25, 0.3) is 0 Å². The lowest BCUT2D eigenvalue weighted by molar-refractivity contribution is 0.0953. The predicted molar refractivity (Wildman–Crippen MR) is 64.8 cm³/mol. The van der Waals surface area contributed by atoms with Crippen molar-refractivity contribution in [2.24, 2.45) is 11.8 Å². The fourth-order valence-corrected chi connectivity index (χ4v) is 2.57. The number of hydrogen-bond donors (Lipinski definition) is 2. The minimum absolute atomic E-state index is 0.193. The summed E-state index contributed by atoms with van der Waals surface area (Å²) in [5, 5.41) is 0. The van der Waals surface area contributed by atoms with E-state index < -0.39 is 0 Å². The molecule has 3 unspecified atom stereocenters. The first-order chi connectivity index (χ1) is 7.74. The molecule has 3 atom stereocenters. The number of ether oxygens (including phenoxy) is 1. The third kappa shape index (κ3) is 2.12. The molecular weight excluding hydrogens is 200 g/mol. The van der Waals surface area contributed by atoms with Crippen LogP contribution in [-0.2, 0) is 4.74 Å². The van der Waals surface area contributed by atoms with Gasteiger partial charge in [0.15, 0.2) is 0 Å². The normalized spacial score (nSPS) is 26.9. The molecule has 3 N–H and O–H groups in total. The molecule has 3 nitrogen and oxygen atoms in total. The van der Waals surface area contributed by atoms with Gasteiger partial charge in [-0.15, -0.1) is 0 Å². The van der Waals surface area contributed by atoms with Gasteiger partial charge in [0, 0.05) is 12.5 Å². The number of aryl methyl sites for hydroxylation is 1. The van der Waals surface area contributed by atoms with Crippen LogP contribution in [0.2, 0.25) is 0 Å². The first-order valence-electron chi connectivity index (χ1n) is 5.87. The van der Waals surface area contributed by atoms with Crippen LogP contribution in [0.1, 0.15) is 30.5 Å². The zero-order chi connectivity index (χ0) is 11.5. The second-order valence-electron chi connectivity index (χ2n) is 4.53. The molecule has 1 aliphatic rings. The summed E-state index contributed by atoms with van der Waals surface area (Å²) in [5.74, 6) is 6.17. The SMILES string of the molecule is Cc1ccccc1C(NN)C1CCOC1C. The summed E-state index contributed by atoms with van der Waals surface area (Å²) in [6.07, 6.45) is 1.35. The molecule has 1 fully saturated rings. The highest BCUT2D eigenvalue weighted by molar-refractivity contribution is 5.29. The molecule has 0 amide bonds. The lowest BCUT2D eigenvalue weighted by Gasteiger charge is -2.26. The van der Waals surface area contributed by atoms with Gasteiger partial charge in [0.25, 0.3) is 0 Å². The summed E-state index contributed by atoms with van der Waals surface area (Å²) >= 11 is 0. The van der Waals surface area contributed by atoms with E-state index >= 15 is 0 Å². The molecule has 88 valence electrons. The summed E-state index contributed by atoms with van der Waals surface area (Å²) < 4.78 is 5.61. The van der Waals surface area contributed by atoms with Crippen LogP contribution in [0.5, 0.6) is 0 Å². The highest BCUT2D eigenvalue weighted by atomic mass is 16.5. The van der Waals surface area contributed by atoms with Gasteiger partial charge in [-0.2, -0.15) is 0 Å². The van der Waals surface area contributed by atoms with Crippen LogP contribution in [0.3, 0.4) is 0 Å². The molecule has 0 radical (unpaired) electrons. The van der Waals surface area contributed by atoms with Gasteiger partial charge in [-0.3, -0.25) is 11.3 Å². The molecule has 0 saturated carbocycles. The lowest BCUT2D eigenvalue weighted by Crippen LogP contribution is -2.36. The van der Waals surface area contributed by atoms with E-state index in [1.807, 2.05) is 0 Å². The zero-order valence-electron chi connectivity index (χ0n) is 9.94. The molecule has 2 rings (SSSR count). The van der Waals surface area contributed by atoms with Crippen molar-refractivity contribution < 1.29 is 4.74 Å². The van der Waals surface area contributed by atoms with Crippen molar-refractivity contribution in [1.82, 2.24) is 5.43 Å². The minimum atomic E-state index is 0.193. The molecule has 16 heavy (non-hydrogen) atoms. The Morgan fingerprint density at radius 1 is 1.44 bits per heavy atom. The Morgan fingerprint density at radius 3 is 2.75 bits per heavy atom. The van der Waals surface area contributed by atoms with E-state index in [-0.39, 0.29) is 12.1 Å². The van der Waals surface area contributed by atoms with Gasteiger partial charge in [0.2, 0.25) is 0 Å². The van der Waals surface area contributed by atoms with Gasteiger partial charge >= 0.3 is 0 Å². The fourth-order valence-electron chi connectivity index (χ4n) is 2.57. The van der Waals surface area contributed by atoms with Crippen molar-refractivity contribution in [3.63, 3.8) is 0 Å². The van der Waals surface area contributed by atoms with E-state index in [0.29, 0.717) is 5.92 Å². The largest absolute Gasteiger partial charge is 0.378 e. The van der Waals surface area contributed by atoms with Gasteiger partial charge in [-0.25, -0.2) is 0 Å². The van der Waals surface area contributed by atoms with Gasteiger partial charge in [-0.1, -0.05) is 24.3 Å². The van der Waals surface area contributed by atoms with Gasteiger partial charge < -0.3 is 4.74 Å². The maximum Gasteiger partial charge on any atom is 0.0594 e. The summed E-state index contributed by atoms with van der Waals surface area (Å²) in [6, 6.07) is 8.58. The second kappa shape index (κ2) is 4.95. The molecule has 3 heteroatoms. The topological polar surface area (TPSA) is 47.3 Å². The molecule has 1 saturated heterocycles. The maximum atomic E-state index is 5.71. The Hall–Kier alpha value is -0.900. The molecule has 1 aromatic carbocycles. The summed E-state index contributed by atoms with van der Waals surface area (Å²) in [7, 11) is 0. The molecule has 0 bridgehead atoms. The summed E-state index contributed by atoms with van der Waals surface area (Å²) in [6.45, 7) is 5.09. The van der Waals surface area contributed by atoms with Crippen LogP contribution in [0.4, 0.5) is 0 Å². The molecular formula is C13H20N2O. The van der Waals surface area contributed by atoms with E-state index in [4.69, 9.17) is 10.6 Å². The van der Waals surface area contributed by atoms with Crippen molar-refractivity contribution in [3.05, 3.63) is 35.4 Å². The standard InChI is InChI=1S/C13H20N2O/c1-9-5-3-4-6-11(9)13(15-14)12-7-8-16-10(12)2/h3-6,10,12-13,15H,7-8,14H2,1-2H3. The number of hydrazine groups is 1. The van der Waals surface area contributed by atoms with Crippen molar-refractivity contribution in [3.8, 4) is 0 Å². The Balaban J connectivity index is 2.25. The number of rotatable bonds is 3. The van der Waals surface area contributed by atoms with Gasteiger partial charge in [-0.05, 0) is 31.4 Å². The quantitative estimate of drug-likeness (QED) is 0.604. The number of hydrogen-bond acceptors (Lipinski definition) is 3. The van der Waals surface area contributed by atoms with E-state index in [0.717, 1.165) is 13.0 Å². The smallest absolute Gasteiger partial charge is 0.0594 e. The summed E-state index contributed by atoms with van der Waals surface area (Å²) in [4.78, 5) is 0. The highest BCUT2D eigenvalue weighted by Gasteiger charge is 2.32. The van der Waals surface area contributed by atoms with Crippen molar-refractivity contribution in [1.29, 1.82) is 0 Å². The van der Waals surface area contributed by atoms with E-state index in [1.165, 1.54) is 11.1 Å². The van der Waals surface area contributed by atoms with Crippen molar-refractivity contribution >= 4 is 0 Å². The Morgan fingerprint density at radius 2 is 2.19 bits per heavy atom. The number of nitrogens with two attached hydrogens (primary N) is 1. The predicted octanol–water partition coefficient (Wildman–Crippen LogP) is 1.92. The molecule has 1 aliphatic heterocycles. The molecule has 0 aliphatic carbocycles. The van der Waals surface area contributed by atoms with E-state index in [9.17, 15) is 0 Å². The number of nitrogens with one attached hydrogen (secondary N) is 1. The minimum Gasteiger partial charge on any atom is -0.378 e. The average Bonchev–Trinajstić information content (AvgIpc) is 2.69. The second-order valence-corrected chi connectivity index (χ2v) is 4.53. The van der Waals surface area contributed by atoms with Crippen LogP contribution < -0.4 is 11.3 Å². The zero-order valence-corrected chi connectivity index (χ0v) is 9.94. The van der Waals surface area contributed by atoms with Crippen molar-refractivity contribution in [2.75, 3.05) is 6.61 Å². The van der Waals surface area contributed by atoms with Crippen LogP contribution in [0, 0.1) is 12.8 Å². The Labute approximate surface area is 97.0 Å². The fraction of sp³-hybridized carbons (Fsp3) is 0.538. The lowest BCUT2D eigenvalue weighted by atomic mass is 9.87. The number of benzene rings is 1. The first kappa shape index (κ1) is 11.6. The molecule has 1 aromatic rings. The molecule has 0 spiro atoms. The highest BCUT2D eigenvalue weighted by Crippen LogP contribution is 2.33. The third-order valence-corrected chi connectivity index (χ3v) is 3.57. The average molecular weight is 220 g/mol. The monoisotopic (exact) mass is 220 g/mol. The Kier molecular flexibility index (Phi) is 3.59. The van der Waals surface area contributed by atoms with Crippen LogP contribution in [0.15, 0.2) is 24.3 Å².